The molecule has 2 nitrogen and oxygen atoms in total. The first kappa shape index (κ1) is 8.47. The molecular weight excluding hydrogens is 203 g/mol. The van der Waals surface area contributed by atoms with E-state index in [1.54, 1.807) is 0 Å². The topological polar surface area (TPSA) is 47.6 Å². The zero-order valence-electron chi connectivity index (χ0n) is 6.13. The van der Waals surface area contributed by atoms with Crippen molar-refractivity contribution < 1.29 is 0 Å². The minimum atomic E-state index is -0.687. The number of nitrogens with zero attached hydrogens (tertiary/aromatic N) is 2. The predicted octanol–water partition coefficient (Wildman–Crippen LogP) is 0.935. The van der Waals surface area contributed by atoms with Crippen LogP contribution in [0.2, 0.25) is 0 Å². The third-order valence-electron chi connectivity index (χ3n) is 2.09. The first-order valence-electron chi connectivity index (χ1n) is 3.57. The standard InChI is InChI=1S/C8H8N2Se/c9-5-8(6-10)3-1-7(11)2-4-8/h1-4H2. The van der Waals surface area contributed by atoms with Crippen molar-refractivity contribution in [2.75, 3.05) is 0 Å². The van der Waals surface area contributed by atoms with Crippen molar-refractivity contribution in [2.24, 2.45) is 5.41 Å². The van der Waals surface area contributed by atoms with Gasteiger partial charge in [-0.05, 0) is 0 Å². The number of rotatable bonds is 0. The Bertz CT molecular complexity index is 230. The zero-order valence-corrected chi connectivity index (χ0v) is 7.84. The van der Waals surface area contributed by atoms with Crippen molar-refractivity contribution in [2.45, 2.75) is 25.7 Å². The van der Waals surface area contributed by atoms with Crippen LogP contribution in [0.25, 0.3) is 0 Å². The second-order valence-electron chi connectivity index (χ2n) is 2.84. The van der Waals surface area contributed by atoms with Gasteiger partial charge in [0.05, 0.1) is 0 Å². The Morgan fingerprint density at radius 1 is 1.18 bits per heavy atom. The van der Waals surface area contributed by atoms with Gasteiger partial charge in [-0.3, -0.25) is 0 Å². The molecule has 3 heteroatoms. The van der Waals surface area contributed by atoms with Crippen molar-refractivity contribution in [3.8, 4) is 12.1 Å². The van der Waals surface area contributed by atoms with E-state index in [0.717, 1.165) is 12.8 Å². The maximum absolute atomic E-state index is 8.74. The normalized spacial score (nSPS) is 21.8. The van der Waals surface area contributed by atoms with Crippen molar-refractivity contribution in [1.29, 1.82) is 10.5 Å². The maximum atomic E-state index is 8.74. The van der Waals surface area contributed by atoms with Gasteiger partial charge in [0.15, 0.2) is 0 Å². The third kappa shape index (κ3) is 1.69. The Morgan fingerprint density at radius 2 is 1.64 bits per heavy atom. The summed E-state index contributed by atoms with van der Waals surface area (Å²) in [6.45, 7) is 0. The third-order valence-corrected chi connectivity index (χ3v) is 2.95. The van der Waals surface area contributed by atoms with E-state index >= 15 is 0 Å². The summed E-state index contributed by atoms with van der Waals surface area (Å²) in [4.78, 5) is 0. The quantitative estimate of drug-likeness (QED) is 0.559. The molecule has 11 heavy (non-hydrogen) atoms. The van der Waals surface area contributed by atoms with E-state index in [0.29, 0.717) is 12.8 Å². The van der Waals surface area contributed by atoms with E-state index in [1.165, 1.54) is 4.42 Å². The molecule has 0 bridgehead atoms. The minimum absolute atomic E-state index is 0.687. The molecule has 0 spiro atoms. The van der Waals surface area contributed by atoms with Crippen LogP contribution in [0.15, 0.2) is 0 Å². The van der Waals surface area contributed by atoms with Gasteiger partial charge in [0.25, 0.3) is 0 Å². The number of hydrogen-bond acceptors (Lipinski definition) is 2. The number of hydrogen-bond donors (Lipinski definition) is 0. The van der Waals surface area contributed by atoms with Gasteiger partial charge < -0.3 is 0 Å². The predicted molar refractivity (Wildman–Crippen MR) is 42.9 cm³/mol. The fourth-order valence-electron chi connectivity index (χ4n) is 1.20. The molecule has 0 N–H and O–H groups in total. The first-order chi connectivity index (χ1) is 5.22. The fourth-order valence-corrected chi connectivity index (χ4v) is 1.63. The summed E-state index contributed by atoms with van der Waals surface area (Å²) in [7, 11) is 0. The molecular formula is C8H8N2Se. The van der Waals surface area contributed by atoms with Crippen LogP contribution in [0.5, 0.6) is 0 Å². The Balaban J connectivity index is 2.71. The molecule has 0 atom stereocenters. The molecule has 0 amide bonds. The molecule has 1 aliphatic carbocycles. The molecule has 1 aliphatic rings. The van der Waals surface area contributed by atoms with Crippen LogP contribution in [0.3, 0.4) is 0 Å². The van der Waals surface area contributed by atoms with Crippen molar-refractivity contribution >= 4 is 20.0 Å². The average Bonchev–Trinajstić information content (AvgIpc) is 2.07. The fraction of sp³-hybridized carbons (Fsp3) is 0.625. The summed E-state index contributed by atoms with van der Waals surface area (Å²) in [5.41, 5.74) is -0.687. The van der Waals surface area contributed by atoms with Gasteiger partial charge in [-0.1, -0.05) is 0 Å². The van der Waals surface area contributed by atoms with Gasteiger partial charge in [-0.2, -0.15) is 0 Å². The van der Waals surface area contributed by atoms with Crippen LogP contribution < -0.4 is 0 Å². The van der Waals surface area contributed by atoms with Gasteiger partial charge in [-0.15, -0.1) is 0 Å². The second kappa shape index (κ2) is 3.18. The summed E-state index contributed by atoms with van der Waals surface area (Å²) >= 11 is 2.96. The summed E-state index contributed by atoms with van der Waals surface area (Å²) in [6.07, 6.45) is 3.17. The Labute approximate surface area is 74.2 Å². The summed E-state index contributed by atoms with van der Waals surface area (Å²) in [5.74, 6) is 0. The van der Waals surface area contributed by atoms with Gasteiger partial charge >= 0.3 is 73.8 Å². The van der Waals surface area contributed by atoms with Crippen molar-refractivity contribution in [1.82, 2.24) is 0 Å². The molecule has 56 valence electrons. The summed E-state index contributed by atoms with van der Waals surface area (Å²) in [5, 5.41) is 17.5. The molecule has 0 aromatic heterocycles. The number of nitriles is 2. The summed E-state index contributed by atoms with van der Waals surface area (Å²) < 4.78 is 1.30. The molecule has 1 fully saturated rings. The Kier molecular flexibility index (Phi) is 2.45. The van der Waals surface area contributed by atoms with Crippen LogP contribution in [0.1, 0.15) is 25.7 Å². The average molecular weight is 211 g/mol. The van der Waals surface area contributed by atoms with Gasteiger partial charge in [-0.25, -0.2) is 0 Å². The van der Waals surface area contributed by atoms with Crippen molar-refractivity contribution in [3.05, 3.63) is 0 Å². The van der Waals surface area contributed by atoms with E-state index in [4.69, 9.17) is 10.5 Å². The molecule has 0 unspecified atom stereocenters. The van der Waals surface area contributed by atoms with Crippen LogP contribution in [0.4, 0.5) is 0 Å². The zero-order chi connectivity index (χ0) is 8.32. The molecule has 0 aromatic rings. The molecule has 0 aliphatic heterocycles. The molecule has 1 saturated carbocycles. The first-order valence-corrected chi connectivity index (χ1v) is 4.42. The molecule has 1 rings (SSSR count). The molecule has 0 aromatic carbocycles. The Morgan fingerprint density at radius 3 is 2.00 bits per heavy atom. The van der Waals surface area contributed by atoms with Gasteiger partial charge in [0.2, 0.25) is 0 Å². The second-order valence-corrected chi connectivity index (χ2v) is 4.06. The van der Waals surface area contributed by atoms with E-state index in [-0.39, 0.29) is 0 Å². The Hall–Kier alpha value is -0.631. The van der Waals surface area contributed by atoms with E-state index in [9.17, 15) is 0 Å². The van der Waals surface area contributed by atoms with Gasteiger partial charge in [0, 0.05) is 0 Å². The van der Waals surface area contributed by atoms with Crippen LogP contribution in [-0.4, -0.2) is 20.0 Å². The van der Waals surface area contributed by atoms with Crippen molar-refractivity contribution in [3.63, 3.8) is 0 Å². The van der Waals surface area contributed by atoms with Crippen LogP contribution in [-0.2, 0) is 0 Å². The van der Waals surface area contributed by atoms with E-state index in [1.807, 2.05) is 0 Å². The van der Waals surface area contributed by atoms with E-state index in [2.05, 4.69) is 27.7 Å². The molecule has 0 heterocycles. The molecule has 0 saturated heterocycles. The SMILES string of the molecule is N#CC1(C#N)CCC(=[Se])CC1. The van der Waals surface area contributed by atoms with E-state index < -0.39 is 5.41 Å². The molecule has 0 radical (unpaired) electrons. The summed E-state index contributed by atoms with van der Waals surface area (Å²) in [6, 6.07) is 4.20. The van der Waals surface area contributed by atoms with Gasteiger partial charge in [0.1, 0.15) is 0 Å². The van der Waals surface area contributed by atoms with Crippen LogP contribution >= 0.6 is 0 Å². The van der Waals surface area contributed by atoms with Crippen LogP contribution in [0, 0.1) is 28.1 Å². The monoisotopic (exact) mass is 212 g/mol.